The summed E-state index contributed by atoms with van der Waals surface area (Å²) in [5.41, 5.74) is 7.27. The van der Waals surface area contributed by atoms with Crippen molar-refractivity contribution in [2.24, 2.45) is 5.73 Å². The predicted octanol–water partition coefficient (Wildman–Crippen LogP) is 4.32. The maximum Gasteiger partial charge on any atom is 0.121 e. The summed E-state index contributed by atoms with van der Waals surface area (Å²) in [6, 6.07) is 13.2. The smallest absolute Gasteiger partial charge is 0.121 e. The van der Waals surface area contributed by atoms with Crippen molar-refractivity contribution in [3.8, 4) is 5.75 Å². The molecule has 0 spiro atoms. The van der Waals surface area contributed by atoms with Gasteiger partial charge in [-0.25, -0.2) is 0 Å². The third kappa shape index (κ3) is 3.69. The monoisotopic (exact) mass is 355 g/mol. The number of nitrogens with two attached hydrogens (primary N) is 1. The lowest BCUT2D eigenvalue weighted by Crippen LogP contribution is -2.09. The molecule has 0 unspecified atom stereocenters. The van der Waals surface area contributed by atoms with E-state index in [1.807, 2.05) is 24.3 Å². The number of rotatable bonds is 4. The van der Waals surface area contributed by atoms with E-state index in [1.54, 1.807) is 18.2 Å². The molecule has 0 radical (unpaired) electrons. The molecule has 0 bridgehead atoms. The number of halogens is 2. The standard InChI is InChI=1S/C14H11BrClNOS/c15-12-4-2-1-3-9(12)8-18-10-5-6-11(14(17)19)13(16)7-10/h1-7H,8H2,(H2,17,19). The van der Waals surface area contributed by atoms with Crippen LogP contribution in [0.2, 0.25) is 5.02 Å². The van der Waals surface area contributed by atoms with Crippen molar-refractivity contribution in [2.75, 3.05) is 0 Å². The van der Waals surface area contributed by atoms with Crippen molar-refractivity contribution >= 4 is 44.7 Å². The van der Waals surface area contributed by atoms with Crippen LogP contribution in [-0.4, -0.2) is 4.99 Å². The lowest BCUT2D eigenvalue weighted by molar-refractivity contribution is 0.305. The lowest BCUT2D eigenvalue weighted by Gasteiger charge is -2.09. The zero-order valence-corrected chi connectivity index (χ0v) is 13.1. The summed E-state index contributed by atoms with van der Waals surface area (Å²) in [5, 5.41) is 0.497. The van der Waals surface area contributed by atoms with E-state index in [4.69, 9.17) is 34.3 Å². The van der Waals surface area contributed by atoms with Gasteiger partial charge in [0, 0.05) is 15.6 Å². The molecular weight excluding hydrogens is 346 g/mol. The number of ether oxygens (including phenoxy) is 1. The minimum absolute atomic E-state index is 0.280. The van der Waals surface area contributed by atoms with Crippen LogP contribution in [0.25, 0.3) is 0 Å². The second kappa shape index (κ2) is 6.37. The van der Waals surface area contributed by atoms with Gasteiger partial charge in [0.1, 0.15) is 17.3 Å². The highest BCUT2D eigenvalue weighted by Crippen LogP contribution is 2.24. The van der Waals surface area contributed by atoms with Crippen LogP contribution in [-0.2, 0) is 6.61 Å². The van der Waals surface area contributed by atoms with Crippen LogP contribution in [0, 0.1) is 0 Å². The summed E-state index contributed by atoms with van der Waals surface area (Å²) < 4.78 is 6.70. The van der Waals surface area contributed by atoms with Gasteiger partial charge in [-0.05, 0) is 24.3 Å². The second-order valence-electron chi connectivity index (χ2n) is 3.89. The first-order chi connectivity index (χ1) is 9.08. The molecule has 0 fully saturated rings. The summed E-state index contributed by atoms with van der Waals surface area (Å²) >= 11 is 14.5. The van der Waals surface area contributed by atoms with E-state index in [9.17, 15) is 0 Å². The quantitative estimate of drug-likeness (QED) is 0.829. The Labute approximate surface area is 130 Å². The highest BCUT2D eigenvalue weighted by atomic mass is 79.9. The van der Waals surface area contributed by atoms with E-state index in [1.165, 1.54) is 0 Å². The van der Waals surface area contributed by atoms with Crippen molar-refractivity contribution in [2.45, 2.75) is 6.61 Å². The van der Waals surface area contributed by atoms with Crippen LogP contribution >= 0.6 is 39.7 Å². The van der Waals surface area contributed by atoms with E-state index >= 15 is 0 Å². The minimum atomic E-state index is 0.280. The summed E-state index contributed by atoms with van der Waals surface area (Å²) in [6.07, 6.45) is 0. The highest BCUT2D eigenvalue weighted by Gasteiger charge is 2.06. The molecule has 0 saturated heterocycles. The number of hydrogen-bond acceptors (Lipinski definition) is 2. The van der Waals surface area contributed by atoms with Crippen LogP contribution in [0.5, 0.6) is 5.75 Å². The fraction of sp³-hybridized carbons (Fsp3) is 0.0714. The van der Waals surface area contributed by atoms with Crippen molar-refractivity contribution in [3.05, 3.63) is 63.1 Å². The Morgan fingerprint density at radius 3 is 2.63 bits per heavy atom. The van der Waals surface area contributed by atoms with Crippen LogP contribution in [0.1, 0.15) is 11.1 Å². The maximum absolute atomic E-state index is 6.08. The van der Waals surface area contributed by atoms with Crippen molar-refractivity contribution in [1.29, 1.82) is 0 Å². The Bertz CT molecular complexity index is 618. The third-order valence-electron chi connectivity index (χ3n) is 2.56. The maximum atomic E-state index is 6.08. The van der Waals surface area contributed by atoms with Gasteiger partial charge >= 0.3 is 0 Å². The van der Waals surface area contributed by atoms with Gasteiger partial charge in [-0.15, -0.1) is 0 Å². The van der Waals surface area contributed by atoms with Crippen LogP contribution in [0.4, 0.5) is 0 Å². The molecule has 2 aromatic rings. The second-order valence-corrected chi connectivity index (χ2v) is 5.59. The molecule has 2 aromatic carbocycles. The normalized spacial score (nSPS) is 10.2. The van der Waals surface area contributed by atoms with Crippen molar-refractivity contribution in [1.82, 2.24) is 0 Å². The average Bonchev–Trinajstić information content (AvgIpc) is 2.37. The van der Waals surface area contributed by atoms with E-state index in [2.05, 4.69) is 15.9 Å². The first-order valence-corrected chi connectivity index (χ1v) is 7.11. The largest absolute Gasteiger partial charge is 0.489 e. The summed E-state index contributed by atoms with van der Waals surface area (Å²) in [5.74, 6) is 0.681. The van der Waals surface area contributed by atoms with E-state index < -0.39 is 0 Å². The van der Waals surface area contributed by atoms with Gasteiger partial charge in [0.25, 0.3) is 0 Å². The van der Waals surface area contributed by atoms with Gasteiger partial charge in [0.15, 0.2) is 0 Å². The first-order valence-electron chi connectivity index (χ1n) is 5.53. The predicted molar refractivity (Wildman–Crippen MR) is 85.8 cm³/mol. The van der Waals surface area contributed by atoms with Gasteiger partial charge < -0.3 is 10.5 Å². The molecule has 2 rings (SSSR count). The molecule has 19 heavy (non-hydrogen) atoms. The minimum Gasteiger partial charge on any atom is -0.489 e. The fourth-order valence-corrected chi connectivity index (χ4v) is 2.47. The lowest BCUT2D eigenvalue weighted by atomic mass is 10.2. The Kier molecular flexibility index (Phi) is 4.80. The zero-order valence-electron chi connectivity index (χ0n) is 9.90. The summed E-state index contributed by atoms with van der Waals surface area (Å²) in [4.78, 5) is 0.280. The molecule has 0 amide bonds. The summed E-state index contributed by atoms with van der Waals surface area (Å²) in [7, 11) is 0. The fourth-order valence-electron chi connectivity index (χ4n) is 1.56. The molecule has 0 aliphatic heterocycles. The van der Waals surface area contributed by atoms with Crippen molar-refractivity contribution in [3.63, 3.8) is 0 Å². The van der Waals surface area contributed by atoms with Crippen LogP contribution in [0.15, 0.2) is 46.9 Å². The van der Waals surface area contributed by atoms with Gasteiger partial charge in [-0.1, -0.05) is 57.9 Å². The highest BCUT2D eigenvalue weighted by molar-refractivity contribution is 9.10. The molecule has 0 atom stereocenters. The Hall–Kier alpha value is -1.10. The molecule has 0 aliphatic rings. The van der Waals surface area contributed by atoms with Crippen LogP contribution < -0.4 is 10.5 Å². The number of thiocarbonyl (C=S) groups is 1. The molecule has 98 valence electrons. The van der Waals surface area contributed by atoms with E-state index in [0.29, 0.717) is 22.9 Å². The van der Waals surface area contributed by atoms with Gasteiger partial charge in [0.05, 0.1) is 5.02 Å². The Morgan fingerprint density at radius 1 is 1.26 bits per heavy atom. The third-order valence-corrected chi connectivity index (χ3v) is 3.86. The zero-order chi connectivity index (χ0) is 13.8. The molecule has 0 aromatic heterocycles. The number of hydrogen-bond donors (Lipinski definition) is 1. The Balaban J connectivity index is 2.11. The molecular formula is C14H11BrClNOS. The molecule has 0 heterocycles. The van der Waals surface area contributed by atoms with Gasteiger partial charge in [0.2, 0.25) is 0 Å². The SMILES string of the molecule is NC(=S)c1ccc(OCc2ccccc2Br)cc1Cl. The van der Waals surface area contributed by atoms with Crippen LogP contribution in [0.3, 0.4) is 0 Å². The van der Waals surface area contributed by atoms with E-state index in [0.717, 1.165) is 10.0 Å². The molecule has 0 saturated carbocycles. The molecule has 5 heteroatoms. The topological polar surface area (TPSA) is 35.2 Å². The summed E-state index contributed by atoms with van der Waals surface area (Å²) in [6.45, 7) is 0.462. The molecule has 0 aliphatic carbocycles. The number of benzene rings is 2. The molecule has 2 N–H and O–H groups in total. The average molecular weight is 357 g/mol. The molecule has 2 nitrogen and oxygen atoms in total. The van der Waals surface area contributed by atoms with Gasteiger partial charge in [-0.3, -0.25) is 0 Å². The Morgan fingerprint density at radius 2 is 2.00 bits per heavy atom. The first kappa shape index (κ1) is 14.3. The van der Waals surface area contributed by atoms with Gasteiger partial charge in [-0.2, -0.15) is 0 Å². The van der Waals surface area contributed by atoms with Crippen molar-refractivity contribution < 1.29 is 4.74 Å². The van der Waals surface area contributed by atoms with E-state index in [-0.39, 0.29) is 4.99 Å².